The highest BCUT2D eigenvalue weighted by Gasteiger charge is 2.07. The van der Waals surface area contributed by atoms with Gasteiger partial charge in [0.1, 0.15) is 0 Å². The van der Waals surface area contributed by atoms with E-state index in [1.165, 1.54) is 0 Å². The summed E-state index contributed by atoms with van der Waals surface area (Å²) >= 11 is 0. The van der Waals surface area contributed by atoms with Crippen molar-refractivity contribution >= 4 is 16.6 Å². The number of nitrogens with zero attached hydrogens (tertiary/aromatic N) is 1. The van der Waals surface area contributed by atoms with Crippen LogP contribution in [0.3, 0.4) is 0 Å². The molecule has 21 heavy (non-hydrogen) atoms. The maximum atomic E-state index is 10.1. The molecular formula is C17H16N2O2. The summed E-state index contributed by atoms with van der Waals surface area (Å²) in [5.41, 5.74) is 2.72. The molecule has 0 unspecified atom stereocenters. The van der Waals surface area contributed by atoms with Gasteiger partial charge in [-0.3, -0.25) is 4.98 Å². The first-order valence-corrected chi connectivity index (χ1v) is 6.72. The van der Waals surface area contributed by atoms with Crippen molar-refractivity contribution in [3.8, 4) is 11.5 Å². The quantitative estimate of drug-likeness (QED) is 0.767. The molecule has 106 valence electrons. The summed E-state index contributed by atoms with van der Waals surface area (Å²) in [6, 6.07) is 15.3. The van der Waals surface area contributed by atoms with Gasteiger partial charge in [0.2, 0.25) is 0 Å². The number of ether oxygens (including phenoxy) is 1. The van der Waals surface area contributed by atoms with Crippen molar-refractivity contribution < 1.29 is 9.84 Å². The van der Waals surface area contributed by atoms with Crippen LogP contribution in [-0.4, -0.2) is 17.2 Å². The minimum absolute atomic E-state index is 0.172. The number of rotatable bonds is 4. The van der Waals surface area contributed by atoms with E-state index in [1.54, 1.807) is 19.4 Å². The van der Waals surface area contributed by atoms with E-state index in [0.717, 1.165) is 22.2 Å². The highest BCUT2D eigenvalue weighted by Crippen LogP contribution is 2.30. The van der Waals surface area contributed by atoms with Crippen LogP contribution in [0.2, 0.25) is 0 Å². The highest BCUT2D eigenvalue weighted by molar-refractivity contribution is 5.91. The highest BCUT2D eigenvalue weighted by atomic mass is 16.5. The summed E-state index contributed by atoms with van der Waals surface area (Å²) in [7, 11) is 1.54. The summed E-state index contributed by atoms with van der Waals surface area (Å²) in [6.07, 6.45) is 1.78. The molecule has 3 aromatic rings. The van der Waals surface area contributed by atoms with Crippen LogP contribution in [0.15, 0.2) is 54.7 Å². The molecule has 1 aromatic heterocycles. The summed E-state index contributed by atoms with van der Waals surface area (Å²) in [5, 5.41) is 14.5. The van der Waals surface area contributed by atoms with Gasteiger partial charge in [0.05, 0.1) is 12.6 Å². The molecule has 0 aliphatic rings. The second-order valence-corrected chi connectivity index (χ2v) is 4.70. The molecule has 0 amide bonds. The maximum Gasteiger partial charge on any atom is 0.162 e. The van der Waals surface area contributed by atoms with Crippen molar-refractivity contribution in [2.75, 3.05) is 12.4 Å². The number of phenols is 1. The van der Waals surface area contributed by atoms with Crippen LogP contribution < -0.4 is 10.1 Å². The van der Waals surface area contributed by atoms with E-state index in [9.17, 15) is 5.11 Å². The van der Waals surface area contributed by atoms with E-state index in [1.807, 2.05) is 42.5 Å². The summed E-state index contributed by atoms with van der Waals surface area (Å²) < 4.78 is 5.12. The number of fused-ring (bicyclic) bond motifs is 1. The monoisotopic (exact) mass is 280 g/mol. The number of aromatic hydroxyl groups is 1. The lowest BCUT2D eigenvalue weighted by molar-refractivity contribution is 0.371. The molecule has 0 fully saturated rings. The lowest BCUT2D eigenvalue weighted by Gasteiger charge is -2.12. The average molecular weight is 280 g/mol. The Bertz CT molecular complexity index is 766. The Hall–Kier alpha value is -2.75. The average Bonchev–Trinajstić information content (AvgIpc) is 2.54. The van der Waals surface area contributed by atoms with Gasteiger partial charge < -0.3 is 15.2 Å². The zero-order valence-corrected chi connectivity index (χ0v) is 11.7. The number of para-hydroxylation sites is 1. The van der Waals surface area contributed by atoms with Crippen molar-refractivity contribution in [2.45, 2.75) is 6.54 Å². The number of phenolic OH excluding ortho intramolecular Hbond substituents is 1. The number of hydrogen-bond acceptors (Lipinski definition) is 4. The third-order valence-electron chi connectivity index (χ3n) is 3.42. The van der Waals surface area contributed by atoms with Crippen molar-refractivity contribution in [1.82, 2.24) is 4.98 Å². The fourth-order valence-electron chi connectivity index (χ4n) is 2.32. The summed E-state index contributed by atoms with van der Waals surface area (Å²) in [5.74, 6) is 0.653. The van der Waals surface area contributed by atoms with Crippen LogP contribution in [0.4, 0.5) is 5.69 Å². The van der Waals surface area contributed by atoms with Gasteiger partial charge in [0.15, 0.2) is 11.5 Å². The Morgan fingerprint density at radius 3 is 2.81 bits per heavy atom. The van der Waals surface area contributed by atoms with Gasteiger partial charge in [-0.15, -0.1) is 0 Å². The maximum absolute atomic E-state index is 10.1. The minimum Gasteiger partial charge on any atom is -0.504 e. The number of pyridine rings is 1. The van der Waals surface area contributed by atoms with E-state index in [-0.39, 0.29) is 5.75 Å². The number of hydrogen-bond donors (Lipinski definition) is 2. The number of anilines is 1. The largest absolute Gasteiger partial charge is 0.504 e. The molecular weight excluding hydrogens is 264 g/mol. The molecule has 2 aromatic carbocycles. The van der Waals surface area contributed by atoms with Crippen molar-refractivity contribution in [1.29, 1.82) is 0 Å². The van der Waals surface area contributed by atoms with Gasteiger partial charge in [0, 0.05) is 29.4 Å². The van der Waals surface area contributed by atoms with Gasteiger partial charge >= 0.3 is 0 Å². The molecule has 0 aliphatic heterocycles. The van der Waals surface area contributed by atoms with Gasteiger partial charge in [-0.05, 0) is 30.3 Å². The first kappa shape index (κ1) is 13.2. The van der Waals surface area contributed by atoms with E-state index >= 15 is 0 Å². The Morgan fingerprint density at radius 2 is 1.95 bits per heavy atom. The second kappa shape index (κ2) is 5.71. The third kappa shape index (κ3) is 2.60. The Labute approximate surface area is 123 Å². The van der Waals surface area contributed by atoms with Gasteiger partial charge in [0.25, 0.3) is 0 Å². The van der Waals surface area contributed by atoms with Crippen molar-refractivity contribution in [2.24, 2.45) is 0 Å². The lowest BCUT2D eigenvalue weighted by atomic mass is 10.1. The smallest absolute Gasteiger partial charge is 0.162 e. The van der Waals surface area contributed by atoms with E-state index < -0.39 is 0 Å². The van der Waals surface area contributed by atoms with Crippen LogP contribution in [0.5, 0.6) is 11.5 Å². The van der Waals surface area contributed by atoms with E-state index in [0.29, 0.717) is 12.3 Å². The second-order valence-electron chi connectivity index (χ2n) is 4.70. The summed E-state index contributed by atoms with van der Waals surface area (Å²) in [4.78, 5) is 4.33. The van der Waals surface area contributed by atoms with Crippen LogP contribution in [0.1, 0.15) is 5.56 Å². The fourth-order valence-corrected chi connectivity index (χ4v) is 2.32. The zero-order valence-electron chi connectivity index (χ0n) is 11.7. The molecule has 1 heterocycles. The molecule has 0 spiro atoms. The fraction of sp³-hybridized carbons (Fsp3) is 0.118. The minimum atomic E-state index is 0.172. The van der Waals surface area contributed by atoms with Gasteiger partial charge in [-0.25, -0.2) is 0 Å². The van der Waals surface area contributed by atoms with Crippen molar-refractivity contribution in [3.63, 3.8) is 0 Å². The normalized spacial score (nSPS) is 10.5. The van der Waals surface area contributed by atoms with Crippen LogP contribution >= 0.6 is 0 Å². The van der Waals surface area contributed by atoms with Crippen molar-refractivity contribution in [3.05, 3.63) is 60.3 Å². The summed E-state index contributed by atoms with van der Waals surface area (Å²) in [6.45, 7) is 0.511. The molecule has 2 N–H and O–H groups in total. The molecule has 0 bridgehead atoms. The SMILES string of the molecule is COc1cccc(CNc2cccc3ncccc23)c1O. The number of methoxy groups -OCH3 is 1. The molecule has 0 aliphatic carbocycles. The van der Waals surface area contributed by atoms with Crippen LogP contribution in [0.25, 0.3) is 10.9 Å². The molecule has 0 saturated carbocycles. The number of benzene rings is 2. The number of aromatic nitrogens is 1. The topological polar surface area (TPSA) is 54.4 Å². The van der Waals surface area contributed by atoms with Gasteiger partial charge in [-0.2, -0.15) is 0 Å². The Kier molecular flexibility index (Phi) is 3.60. The Morgan fingerprint density at radius 1 is 1.10 bits per heavy atom. The van der Waals surface area contributed by atoms with Crippen LogP contribution in [-0.2, 0) is 6.54 Å². The van der Waals surface area contributed by atoms with Gasteiger partial charge in [-0.1, -0.05) is 18.2 Å². The van der Waals surface area contributed by atoms with Crippen LogP contribution in [0, 0.1) is 0 Å². The standard InChI is InChI=1S/C17H16N2O2/c1-21-16-9-2-5-12(17(16)20)11-19-15-8-3-7-14-13(15)6-4-10-18-14/h2-10,19-20H,11H2,1H3. The lowest BCUT2D eigenvalue weighted by Crippen LogP contribution is -2.01. The zero-order chi connectivity index (χ0) is 14.7. The molecule has 4 nitrogen and oxygen atoms in total. The predicted octanol–water partition coefficient (Wildman–Crippen LogP) is 3.56. The first-order chi connectivity index (χ1) is 10.3. The predicted molar refractivity (Wildman–Crippen MR) is 83.7 cm³/mol. The van der Waals surface area contributed by atoms with E-state index in [2.05, 4.69) is 10.3 Å². The molecule has 0 saturated heterocycles. The number of nitrogens with one attached hydrogen (secondary N) is 1. The first-order valence-electron chi connectivity index (χ1n) is 6.72. The molecule has 0 radical (unpaired) electrons. The Balaban J connectivity index is 1.87. The molecule has 4 heteroatoms. The molecule has 3 rings (SSSR count). The molecule has 0 atom stereocenters. The van der Waals surface area contributed by atoms with E-state index in [4.69, 9.17) is 4.74 Å². The third-order valence-corrected chi connectivity index (χ3v) is 3.42.